The number of anilines is 6. The van der Waals surface area contributed by atoms with Crippen molar-refractivity contribution in [2.75, 3.05) is 73.3 Å². The van der Waals surface area contributed by atoms with Crippen molar-refractivity contribution in [3.05, 3.63) is 89.2 Å². The van der Waals surface area contributed by atoms with Gasteiger partial charge in [0.1, 0.15) is 51.9 Å². The molecule has 1 saturated heterocycles. The molecular weight excluding hydrogens is 683 g/mol. The number of methoxy groups -OCH3 is 2. The number of ether oxygens (including phenoxy) is 3. The number of hydrogen-bond donors (Lipinski definition) is 3. The number of aromatic nitrogens is 2. The topological polar surface area (TPSA) is 133 Å². The van der Waals surface area contributed by atoms with E-state index in [1.807, 2.05) is 18.2 Å². The normalized spacial score (nSPS) is 15.1. The quantitative estimate of drug-likeness (QED) is 0.158. The maximum Gasteiger partial charge on any atom is 0.327 e. The minimum absolute atomic E-state index is 0.0766. The number of carbonyl (C=O) groups is 2. The summed E-state index contributed by atoms with van der Waals surface area (Å²) in [5.41, 5.74) is 3.23. The van der Waals surface area contributed by atoms with Gasteiger partial charge in [-0.3, -0.25) is 9.69 Å². The van der Waals surface area contributed by atoms with E-state index in [1.165, 1.54) is 37.6 Å². The van der Waals surface area contributed by atoms with Gasteiger partial charge in [0.05, 0.1) is 38.2 Å². The van der Waals surface area contributed by atoms with E-state index in [1.54, 1.807) is 30.3 Å². The fraction of sp³-hybridized carbons (Fsp3) is 0.257. The number of carbonyl (C=O) groups excluding carboxylic acids is 2. The number of nitrogens with zero attached hydrogens (tertiary/aromatic N) is 5. The minimum atomic E-state index is -0.596. The Kier molecular flexibility index (Phi) is 10.5. The van der Waals surface area contributed by atoms with Gasteiger partial charge in [0.25, 0.3) is 0 Å². The Bertz CT molecular complexity index is 1880. The summed E-state index contributed by atoms with van der Waals surface area (Å²) in [7, 11) is 5.02. The van der Waals surface area contributed by atoms with Gasteiger partial charge in [-0.1, -0.05) is 41.9 Å². The van der Waals surface area contributed by atoms with Crippen LogP contribution in [0, 0.1) is 0 Å². The van der Waals surface area contributed by atoms with Crippen LogP contribution in [0.1, 0.15) is 5.56 Å². The van der Waals surface area contributed by atoms with E-state index in [0.717, 1.165) is 42.3 Å². The lowest BCUT2D eigenvalue weighted by Gasteiger charge is -2.44. The van der Waals surface area contributed by atoms with E-state index in [-0.39, 0.29) is 45.5 Å². The Balaban J connectivity index is 1.28. The highest BCUT2D eigenvalue weighted by molar-refractivity contribution is 6.41. The number of halogens is 2. The number of likely N-dealkylation sites (N-methyl/N-ethyl adjacent to an activating group) is 1. The second-order valence-electron chi connectivity index (χ2n) is 11.7. The van der Waals surface area contributed by atoms with Crippen LogP contribution in [-0.2, 0) is 11.3 Å². The van der Waals surface area contributed by atoms with Crippen LogP contribution >= 0.6 is 23.2 Å². The third-order valence-corrected chi connectivity index (χ3v) is 9.14. The zero-order valence-corrected chi connectivity index (χ0v) is 29.2. The third-order valence-electron chi connectivity index (χ3n) is 8.39. The van der Waals surface area contributed by atoms with Crippen molar-refractivity contribution >= 4 is 69.5 Å². The zero-order valence-electron chi connectivity index (χ0n) is 27.7. The molecule has 3 aromatic carbocycles. The average molecular weight is 720 g/mol. The largest absolute Gasteiger partial charge is 0.495 e. The Morgan fingerprint density at radius 1 is 1.00 bits per heavy atom. The van der Waals surface area contributed by atoms with Crippen molar-refractivity contribution < 1.29 is 23.8 Å². The Morgan fingerprint density at radius 3 is 2.42 bits per heavy atom. The van der Waals surface area contributed by atoms with E-state index in [0.29, 0.717) is 24.2 Å². The number of nitrogens with one attached hydrogen (secondary N) is 3. The van der Waals surface area contributed by atoms with E-state index in [4.69, 9.17) is 37.4 Å². The number of fused-ring (bicyclic) bond motifs is 3. The lowest BCUT2D eigenvalue weighted by molar-refractivity contribution is -0.111. The van der Waals surface area contributed by atoms with Crippen LogP contribution in [-0.4, -0.2) is 80.4 Å². The fourth-order valence-electron chi connectivity index (χ4n) is 5.81. The highest BCUT2D eigenvalue weighted by Crippen LogP contribution is 2.44. The van der Waals surface area contributed by atoms with Crippen molar-refractivity contribution in [2.24, 2.45) is 0 Å². The fourth-order valence-corrected chi connectivity index (χ4v) is 6.40. The standard InChI is InChI=1S/C35H36Cl2N8O5/c1-5-31(46)41-22-8-6-21(7-9-22)17-45(35(47)42-34-32(36)27(48-3)15-28(49-4)33(34)37)30-16-29(38-20-39-30)40-23-10-11-25-26(14-23)50-19-24-18-43(2)12-13-44(24)25/h5-11,14-16,20,24H,1,12-13,17-19H2,2-4H3,(H,41,46)(H,42,47)(H,38,39,40)/t24-/m1/s1. The van der Waals surface area contributed by atoms with Gasteiger partial charge in [-0.2, -0.15) is 0 Å². The molecule has 15 heteroatoms. The summed E-state index contributed by atoms with van der Waals surface area (Å²) in [6.07, 6.45) is 2.55. The highest BCUT2D eigenvalue weighted by atomic mass is 35.5. The van der Waals surface area contributed by atoms with Gasteiger partial charge < -0.3 is 40.0 Å². The first kappa shape index (κ1) is 34.6. The third kappa shape index (κ3) is 7.49. The first-order chi connectivity index (χ1) is 24.2. The van der Waals surface area contributed by atoms with Gasteiger partial charge in [-0.25, -0.2) is 14.8 Å². The summed E-state index contributed by atoms with van der Waals surface area (Å²) in [6, 6.07) is 15.9. The molecule has 1 fully saturated rings. The maximum atomic E-state index is 14.1. The second-order valence-corrected chi connectivity index (χ2v) is 12.4. The highest BCUT2D eigenvalue weighted by Gasteiger charge is 2.32. The van der Waals surface area contributed by atoms with Gasteiger partial charge in [0, 0.05) is 49.2 Å². The van der Waals surface area contributed by atoms with Gasteiger partial charge in [0.2, 0.25) is 5.91 Å². The number of hydrogen-bond acceptors (Lipinski definition) is 10. The summed E-state index contributed by atoms with van der Waals surface area (Å²) in [5, 5.41) is 9.03. The van der Waals surface area contributed by atoms with Crippen molar-refractivity contribution in [1.82, 2.24) is 14.9 Å². The molecule has 6 rings (SSSR count). The monoisotopic (exact) mass is 718 g/mol. The SMILES string of the molecule is C=CC(=O)Nc1ccc(CN(C(=O)Nc2c(Cl)c(OC)cc(OC)c2Cl)c2cc(Nc3ccc4c(c3)OC[C@H]3CN(C)CCN43)ncn2)cc1. The molecular formula is C35H36Cl2N8O5. The first-order valence-electron chi connectivity index (χ1n) is 15.7. The first-order valence-corrected chi connectivity index (χ1v) is 16.4. The molecule has 1 atom stereocenters. The minimum Gasteiger partial charge on any atom is -0.495 e. The molecule has 1 aromatic heterocycles. The molecule has 4 aromatic rings. The van der Waals surface area contributed by atoms with Crippen LogP contribution in [0.15, 0.2) is 73.6 Å². The number of rotatable bonds is 10. The Morgan fingerprint density at radius 2 is 1.72 bits per heavy atom. The molecule has 2 aliphatic rings. The number of amides is 3. The lowest BCUT2D eigenvalue weighted by Crippen LogP contribution is -2.56. The van der Waals surface area contributed by atoms with Gasteiger partial charge in [-0.05, 0) is 43.0 Å². The predicted octanol–water partition coefficient (Wildman–Crippen LogP) is 6.42. The smallest absolute Gasteiger partial charge is 0.327 e. The van der Waals surface area contributed by atoms with Crippen molar-refractivity contribution in [1.29, 1.82) is 0 Å². The summed E-state index contributed by atoms with van der Waals surface area (Å²) in [5.74, 6) is 1.70. The molecule has 0 spiro atoms. The molecule has 260 valence electrons. The van der Waals surface area contributed by atoms with Crippen LogP contribution in [0.4, 0.5) is 39.2 Å². The molecule has 3 amide bonds. The summed E-state index contributed by atoms with van der Waals surface area (Å²) in [4.78, 5) is 40.8. The van der Waals surface area contributed by atoms with Gasteiger partial charge >= 0.3 is 6.03 Å². The second kappa shape index (κ2) is 15.1. The lowest BCUT2D eigenvalue weighted by atomic mass is 10.1. The molecule has 50 heavy (non-hydrogen) atoms. The molecule has 0 bridgehead atoms. The summed E-state index contributed by atoms with van der Waals surface area (Å²) in [6.45, 7) is 7.04. The Hall–Kier alpha value is -5.24. The van der Waals surface area contributed by atoms with Crippen molar-refractivity contribution in [3.63, 3.8) is 0 Å². The number of piperazine rings is 1. The molecule has 3 heterocycles. The maximum absolute atomic E-state index is 14.1. The van der Waals surface area contributed by atoms with E-state index >= 15 is 0 Å². The molecule has 0 saturated carbocycles. The molecule has 13 nitrogen and oxygen atoms in total. The van der Waals surface area contributed by atoms with Crippen molar-refractivity contribution in [3.8, 4) is 17.2 Å². The van der Waals surface area contributed by atoms with E-state index in [9.17, 15) is 9.59 Å². The molecule has 0 radical (unpaired) electrons. The van der Waals surface area contributed by atoms with Crippen LogP contribution < -0.4 is 40.0 Å². The van der Waals surface area contributed by atoms with Crippen molar-refractivity contribution in [2.45, 2.75) is 12.6 Å². The van der Waals surface area contributed by atoms with E-state index < -0.39 is 6.03 Å². The van der Waals surface area contributed by atoms with E-state index in [2.05, 4.69) is 49.3 Å². The molecule has 0 aliphatic carbocycles. The average Bonchev–Trinajstić information content (AvgIpc) is 3.12. The zero-order chi connectivity index (χ0) is 35.4. The van der Waals surface area contributed by atoms with Crippen LogP contribution in [0.5, 0.6) is 17.2 Å². The summed E-state index contributed by atoms with van der Waals surface area (Å²) < 4.78 is 16.9. The summed E-state index contributed by atoms with van der Waals surface area (Å²) >= 11 is 13.2. The molecule has 0 unspecified atom stereocenters. The van der Waals surface area contributed by atoms with Crippen LogP contribution in [0.3, 0.4) is 0 Å². The Labute approximate surface area is 299 Å². The van der Waals surface area contributed by atoms with Crippen LogP contribution in [0.25, 0.3) is 0 Å². The van der Waals surface area contributed by atoms with Crippen LogP contribution in [0.2, 0.25) is 10.0 Å². The van der Waals surface area contributed by atoms with Gasteiger partial charge in [-0.15, -0.1) is 0 Å². The number of urea groups is 1. The molecule has 3 N–H and O–H groups in total. The number of benzene rings is 3. The van der Waals surface area contributed by atoms with Gasteiger partial charge in [0.15, 0.2) is 0 Å². The predicted molar refractivity (Wildman–Crippen MR) is 196 cm³/mol. The molecule has 2 aliphatic heterocycles.